The summed E-state index contributed by atoms with van der Waals surface area (Å²) < 4.78 is 0. The van der Waals surface area contributed by atoms with Crippen molar-refractivity contribution < 1.29 is 4.79 Å². The molecule has 0 saturated carbocycles. The van der Waals surface area contributed by atoms with E-state index in [9.17, 15) is 4.79 Å². The number of amides is 1. The summed E-state index contributed by atoms with van der Waals surface area (Å²) in [5.41, 5.74) is 3.10. The molecule has 3 rings (SSSR count). The molecule has 0 aliphatic rings. The highest BCUT2D eigenvalue weighted by atomic mass is 32.1. The zero-order chi connectivity index (χ0) is 17.6. The molecule has 0 bridgehead atoms. The van der Waals surface area contributed by atoms with Crippen molar-refractivity contribution in [2.45, 2.75) is 25.9 Å². The summed E-state index contributed by atoms with van der Waals surface area (Å²) in [6.07, 6.45) is 0. The average molecular weight is 350 g/mol. The second-order valence-corrected chi connectivity index (χ2v) is 7.09. The Morgan fingerprint density at radius 1 is 1.00 bits per heavy atom. The van der Waals surface area contributed by atoms with Crippen LogP contribution < -0.4 is 10.6 Å². The molecule has 0 aliphatic heterocycles. The summed E-state index contributed by atoms with van der Waals surface area (Å²) in [6, 6.07) is 21.9. The number of carbonyl (C=O) groups excluding carboxylic acids is 1. The molecule has 0 unspecified atom stereocenters. The van der Waals surface area contributed by atoms with E-state index in [2.05, 4.69) is 34.2 Å². The van der Waals surface area contributed by atoms with Crippen LogP contribution in [0.15, 0.2) is 72.1 Å². The predicted octanol–water partition coefficient (Wildman–Crippen LogP) is 4.76. The average Bonchev–Trinajstić information content (AvgIpc) is 3.14. The monoisotopic (exact) mass is 350 g/mol. The smallest absolute Gasteiger partial charge is 0.241 e. The fraction of sp³-hybridized carbons (Fsp3) is 0.190. The van der Waals surface area contributed by atoms with E-state index in [1.165, 1.54) is 4.88 Å². The molecule has 1 amide bonds. The van der Waals surface area contributed by atoms with Crippen molar-refractivity contribution in [3.63, 3.8) is 0 Å². The third-order valence-electron chi connectivity index (χ3n) is 4.06. The van der Waals surface area contributed by atoms with Gasteiger partial charge in [-0.1, -0.05) is 48.5 Å². The van der Waals surface area contributed by atoms with Crippen LogP contribution in [0, 0.1) is 6.92 Å². The van der Waals surface area contributed by atoms with Crippen LogP contribution in [0.25, 0.3) is 0 Å². The Bertz CT molecular complexity index is 815. The van der Waals surface area contributed by atoms with Gasteiger partial charge in [-0.15, -0.1) is 11.3 Å². The van der Waals surface area contributed by atoms with Gasteiger partial charge in [-0.2, -0.15) is 0 Å². The van der Waals surface area contributed by atoms with Gasteiger partial charge in [-0.05, 0) is 48.6 Å². The van der Waals surface area contributed by atoms with Crippen molar-refractivity contribution >= 4 is 22.9 Å². The molecule has 0 spiro atoms. The van der Waals surface area contributed by atoms with Crippen molar-refractivity contribution in [1.29, 1.82) is 0 Å². The highest BCUT2D eigenvalue weighted by Gasteiger charge is 2.21. The van der Waals surface area contributed by atoms with Crippen molar-refractivity contribution in [3.05, 3.63) is 88.1 Å². The largest absolute Gasteiger partial charge is 0.325 e. The van der Waals surface area contributed by atoms with E-state index in [4.69, 9.17) is 0 Å². The highest BCUT2D eigenvalue weighted by Crippen LogP contribution is 2.26. The van der Waals surface area contributed by atoms with Gasteiger partial charge in [0.15, 0.2) is 0 Å². The normalized spacial score (nSPS) is 13.2. The molecule has 2 N–H and O–H groups in total. The quantitative estimate of drug-likeness (QED) is 0.673. The molecule has 1 heterocycles. The maximum Gasteiger partial charge on any atom is 0.241 e. The second kappa shape index (κ2) is 8.10. The minimum Gasteiger partial charge on any atom is -0.325 e. The molecule has 0 radical (unpaired) electrons. The third-order valence-corrected chi connectivity index (χ3v) is 4.99. The first-order valence-corrected chi connectivity index (χ1v) is 9.23. The van der Waals surface area contributed by atoms with Gasteiger partial charge in [-0.3, -0.25) is 10.1 Å². The minimum absolute atomic E-state index is 0.000500. The lowest BCUT2D eigenvalue weighted by atomic mass is 10.0. The Morgan fingerprint density at radius 2 is 1.80 bits per heavy atom. The summed E-state index contributed by atoms with van der Waals surface area (Å²) in [6.45, 7) is 3.91. The lowest BCUT2D eigenvalue weighted by molar-refractivity contribution is -0.117. The van der Waals surface area contributed by atoms with Crippen LogP contribution in [-0.2, 0) is 4.79 Å². The summed E-state index contributed by atoms with van der Waals surface area (Å²) in [5.74, 6) is -0.0388. The Kier molecular flexibility index (Phi) is 5.64. The molecule has 0 fully saturated rings. The van der Waals surface area contributed by atoms with Crippen molar-refractivity contribution in [3.8, 4) is 0 Å². The highest BCUT2D eigenvalue weighted by molar-refractivity contribution is 7.10. The molecule has 2 atom stereocenters. The van der Waals surface area contributed by atoms with Crippen LogP contribution in [0.2, 0.25) is 0 Å². The van der Waals surface area contributed by atoms with Crippen LogP contribution >= 0.6 is 11.3 Å². The summed E-state index contributed by atoms with van der Waals surface area (Å²) in [4.78, 5) is 13.8. The Labute approximate surface area is 152 Å². The molecule has 2 aromatic carbocycles. The SMILES string of the molecule is Cc1cccc(NC(=O)[C@@H](C)N[C@H](c2ccccc2)c2cccs2)c1. The second-order valence-electron chi connectivity index (χ2n) is 6.11. The molecule has 3 aromatic rings. The maximum atomic E-state index is 12.6. The molecule has 4 heteroatoms. The minimum atomic E-state index is -0.326. The molecule has 0 aliphatic carbocycles. The van der Waals surface area contributed by atoms with Crippen LogP contribution in [0.4, 0.5) is 5.69 Å². The Hall–Kier alpha value is -2.43. The molecule has 25 heavy (non-hydrogen) atoms. The third kappa shape index (κ3) is 4.56. The fourth-order valence-corrected chi connectivity index (χ4v) is 3.55. The first-order valence-electron chi connectivity index (χ1n) is 8.35. The summed E-state index contributed by atoms with van der Waals surface area (Å²) in [7, 11) is 0. The van der Waals surface area contributed by atoms with Gasteiger partial charge >= 0.3 is 0 Å². The van der Waals surface area contributed by atoms with Gasteiger partial charge in [-0.25, -0.2) is 0 Å². The lowest BCUT2D eigenvalue weighted by Gasteiger charge is -2.22. The van der Waals surface area contributed by atoms with Crippen LogP contribution in [0.3, 0.4) is 0 Å². The molecule has 3 nitrogen and oxygen atoms in total. The van der Waals surface area contributed by atoms with Crippen molar-refractivity contribution in [2.24, 2.45) is 0 Å². The van der Waals surface area contributed by atoms with Crippen LogP contribution in [-0.4, -0.2) is 11.9 Å². The van der Waals surface area contributed by atoms with E-state index in [-0.39, 0.29) is 18.0 Å². The molecule has 0 saturated heterocycles. The zero-order valence-electron chi connectivity index (χ0n) is 14.4. The molecule has 1 aromatic heterocycles. The van der Waals surface area contributed by atoms with E-state index < -0.39 is 0 Å². The number of hydrogen-bond donors (Lipinski definition) is 2. The van der Waals surface area contributed by atoms with Gasteiger partial charge in [0.05, 0.1) is 12.1 Å². The van der Waals surface area contributed by atoms with Gasteiger partial charge < -0.3 is 5.32 Å². The number of nitrogens with one attached hydrogen (secondary N) is 2. The van der Waals surface area contributed by atoms with Gasteiger partial charge in [0.2, 0.25) is 5.91 Å². The number of thiophene rings is 1. The number of benzene rings is 2. The van der Waals surface area contributed by atoms with Gasteiger partial charge in [0.25, 0.3) is 0 Å². The van der Waals surface area contributed by atoms with Crippen LogP contribution in [0.1, 0.15) is 29.0 Å². The standard InChI is InChI=1S/C21H22N2OS/c1-15-8-6-11-18(14-15)23-21(24)16(2)22-20(19-12-7-13-25-19)17-9-4-3-5-10-17/h3-14,16,20,22H,1-2H3,(H,23,24)/t16-,20-/m1/s1. The molecular weight excluding hydrogens is 328 g/mol. The van der Waals surface area contributed by atoms with E-state index in [1.807, 2.05) is 62.4 Å². The fourth-order valence-electron chi connectivity index (χ4n) is 2.74. The van der Waals surface area contributed by atoms with E-state index in [0.717, 1.165) is 16.8 Å². The summed E-state index contributed by atoms with van der Waals surface area (Å²) in [5, 5.41) is 8.52. The van der Waals surface area contributed by atoms with E-state index in [1.54, 1.807) is 11.3 Å². The number of carbonyl (C=O) groups is 1. The van der Waals surface area contributed by atoms with E-state index >= 15 is 0 Å². The van der Waals surface area contributed by atoms with E-state index in [0.29, 0.717) is 0 Å². The maximum absolute atomic E-state index is 12.6. The van der Waals surface area contributed by atoms with Crippen molar-refractivity contribution in [2.75, 3.05) is 5.32 Å². The molecular formula is C21H22N2OS. The number of anilines is 1. The van der Waals surface area contributed by atoms with Gasteiger partial charge in [0.1, 0.15) is 0 Å². The predicted molar refractivity (Wildman–Crippen MR) is 105 cm³/mol. The lowest BCUT2D eigenvalue weighted by Crippen LogP contribution is -2.40. The van der Waals surface area contributed by atoms with Crippen LogP contribution in [0.5, 0.6) is 0 Å². The van der Waals surface area contributed by atoms with Crippen molar-refractivity contribution in [1.82, 2.24) is 5.32 Å². The van der Waals surface area contributed by atoms with Gasteiger partial charge in [0, 0.05) is 10.6 Å². The Balaban J connectivity index is 1.74. The first kappa shape index (κ1) is 17.4. The Morgan fingerprint density at radius 3 is 2.48 bits per heavy atom. The number of rotatable bonds is 6. The summed E-state index contributed by atoms with van der Waals surface area (Å²) >= 11 is 1.69. The molecule has 128 valence electrons. The number of aryl methyl sites for hydroxylation is 1. The zero-order valence-corrected chi connectivity index (χ0v) is 15.2. The number of hydrogen-bond acceptors (Lipinski definition) is 3. The first-order chi connectivity index (χ1) is 12.1. The topological polar surface area (TPSA) is 41.1 Å².